The monoisotopic (exact) mass is 487 g/mol. The number of benzene rings is 1. The van der Waals surface area contributed by atoms with E-state index in [0.717, 1.165) is 17.7 Å². The van der Waals surface area contributed by atoms with E-state index in [4.69, 9.17) is 0 Å². The lowest BCUT2D eigenvalue weighted by Gasteiger charge is -2.40. The molecule has 0 unspecified atom stereocenters. The summed E-state index contributed by atoms with van der Waals surface area (Å²) in [6.07, 6.45) is 2.90. The first-order valence-electron chi connectivity index (χ1n) is 12.2. The quantitative estimate of drug-likeness (QED) is 0.640. The van der Waals surface area contributed by atoms with E-state index in [1.54, 1.807) is 9.80 Å². The van der Waals surface area contributed by atoms with E-state index >= 15 is 0 Å². The van der Waals surface area contributed by atoms with Crippen LogP contribution >= 0.6 is 0 Å². The normalized spacial score (nSPS) is 25.1. The Bertz CT molecular complexity index is 990. The predicted molar refractivity (Wildman–Crippen MR) is 128 cm³/mol. The van der Waals surface area contributed by atoms with Crippen molar-refractivity contribution in [2.75, 3.05) is 38.0 Å². The highest BCUT2D eigenvalue weighted by atomic mass is 19.1. The maximum Gasteiger partial charge on any atom is 0.325 e. The van der Waals surface area contributed by atoms with Crippen molar-refractivity contribution in [2.24, 2.45) is 11.3 Å². The van der Waals surface area contributed by atoms with Crippen molar-refractivity contribution < 1.29 is 23.6 Å². The van der Waals surface area contributed by atoms with Gasteiger partial charge in [0.25, 0.3) is 5.91 Å². The molecule has 3 fully saturated rings. The molecule has 35 heavy (non-hydrogen) atoms. The van der Waals surface area contributed by atoms with Gasteiger partial charge >= 0.3 is 12.1 Å². The zero-order chi connectivity index (χ0) is 25.4. The smallest absolute Gasteiger partial charge is 0.325 e. The Morgan fingerprint density at radius 2 is 1.60 bits per heavy atom. The van der Waals surface area contributed by atoms with E-state index in [0.29, 0.717) is 50.6 Å². The summed E-state index contributed by atoms with van der Waals surface area (Å²) >= 11 is 0. The number of carbonyl (C=O) groups excluding carboxylic acids is 4. The van der Waals surface area contributed by atoms with E-state index in [-0.39, 0.29) is 35.6 Å². The summed E-state index contributed by atoms with van der Waals surface area (Å²) < 4.78 is 13.0. The number of nitrogens with zero attached hydrogens (tertiary/aromatic N) is 3. The predicted octanol–water partition coefficient (Wildman–Crippen LogP) is 3.03. The van der Waals surface area contributed by atoms with Gasteiger partial charge < -0.3 is 20.4 Å². The number of anilines is 1. The summed E-state index contributed by atoms with van der Waals surface area (Å²) in [5.41, 5.74) is -0.254. The molecule has 2 N–H and O–H groups in total. The van der Waals surface area contributed by atoms with Crippen molar-refractivity contribution in [3.05, 3.63) is 30.1 Å². The Labute approximate surface area is 205 Å². The first-order chi connectivity index (χ1) is 16.5. The highest BCUT2D eigenvalue weighted by Gasteiger charge is 2.53. The standard InChI is InChI=1S/C25H34FN5O4/c1-24(2,3)17-8-10-25(11-9-17)21(33)31(23(35)28-25)16-20(32)29-12-14-30(15-13-29)22(34)27-19-6-4-18(26)5-7-19/h4-7,17H,8-16H2,1-3H3,(H,27,34)(H,28,35). The summed E-state index contributed by atoms with van der Waals surface area (Å²) in [6, 6.07) is 4.66. The van der Waals surface area contributed by atoms with E-state index in [9.17, 15) is 23.6 Å². The van der Waals surface area contributed by atoms with Gasteiger partial charge in [-0.1, -0.05) is 20.8 Å². The molecule has 1 aromatic rings. The summed E-state index contributed by atoms with van der Waals surface area (Å²) in [4.78, 5) is 55.4. The number of carbonyl (C=O) groups is 4. The van der Waals surface area contributed by atoms with E-state index < -0.39 is 11.6 Å². The lowest BCUT2D eigenvalue weighted by Crippen LogP contribution is -2.54. The summed E-state index contributed by atoms with van der Waals surface area (Å²) in [5.74, 6) is -0.512. The van der Waals surface area contributed by atoms with Crippen LogP contribution in [0, 0.1) is 17.2 Å². The van der Waals surface area contributed by atoms with Gasteiger partial charge in [-0.2, -0.15) is 0 Å². The van der Waals surface area contributed by atoms with Crippen LogP contribution in [0.15, 0.2) is 24.3 Å². The number of rotatable bonds is 3. The molecule has 6 amide bonds. The summed E-state index contributed by atoms with van der Waals surface area (Å²) in [6.45, 7) is 7.53. The summed E-state index contributed by atoms with van der Waals surface area (Å²) in [7, 11) is 0. The molecule has 1 aliphatic carbocycles. The fourth-order valence-corrected chi connectivity index (χ4v) is 5.27. The molecule has 10 heteroatoms. The van der Waals surface area contributed by atoms with Crippen molar-refractivity contribution in [1.82, 2.24) is 20.0 Å². The summed E-state index contributed by atoms with van der Waals surface area (Å²) in [5, 5.41) is 5.59. The number of nitrogens with one attached hydrogen (secondary N) is 2. The molecule has 0 bridgehead atoms. The topological polar surface area (TPSA) is 102 Å². The maximum absolute atomic E-state index is 13.2. The average Bonchev–Trinajstić information content (AvgIpc) is 3.04. The fourth-order valence-electron chi connectivity index (χ4n) is 5.27. The molecule has 2 heterocycles. The second-order valence-electron chi connectivity index (χ2n) is 10.8. The molecule has 1 aromatic carbocycles. The van der Waals surface area contributed by atoms with Crippen LogP contribution in [-0.4, -0.2) is 76.8 Å². The number of imide groups is 1. The molecule has 2 saturated heterocycles. The molecule has 1 saturated carbocycles. The Morgan fingerprint density at radius 1 is 1.03 bits per heavy atom. The number of urea groups is 2. The van der Waals surface area contributed by atoms with Crippen LogP contribution in [0.25, 0.3) is 0 Å². The Morgan fingerprint density at radius 3 is 2.17 bits per heavy atom. The van der Waals surface area contributed by atoms with Crippen LogP contribution in [0.5, 0.6) is 0 Å². The van der Waals surface area contributed by atoms with Crippen molar-refractivity contribution in [3.63, 3.8) is 0 Å². The van der Waals surface area contributed by atoms with Gasteiger partial charge in [0.1, 0.15) is 17.9 Å². The molecule has 9 nitrogen and oxygen atoms in total. The highest BCUT2D eigenvalue weighted by molar-refractivity contribution is 6.09. The second kappa shape index (κ2) is 9.47. The number of amides is 6. The van der Waals surface area contributed by atoms with Crippen LogP contribution in [0.4, 0.5) is 19.7 Å². The van der Waals surface area contributed by atoms with Gasteiger partial charge in [0.2, 0.25) is 5.91 Å². The maximum atomic E-state index is 13.2. The first-order valence-corrected chi connectivity index (χ1v) is 12.2. The van der Waals surface area contributed by atoms with Crippen molar-refractivity contribution in [1.29, 1.82) is 0 Å². The number of piperazine rings is 1. The highest BCUT2D eigenvalue weighted by Crippen LogP contribution is 2.43. The Kier molecular flexibility index (Phi) is 6.75. The van der Waals surface area contributed by atoms with Crippen LogP contribution in [0.3, 0.4) is 0 Å². The molecule has 2 aliphatic heterocycles. The van der Waals surface area contributed by atoms with Crippen LogP contribution in [-0.2, 0) is 9.59 Å². The fraction of sp³-hybridized carbons (Fsp3) is 0.600. The van der Waals surface area contributed by atoms with Gasteiger partial charge in [0.15, 0.2) is 0 Å². The van der Waals surface area contributed by atoms with Gasteiger partial charge in [-0.25, -0.2) is 14.0 Å². The zero-order valence-corrected chi connectivity index (χ0v) is 20.6. The van der Waals surface area contributed by atoms with Crippen molar-refractivity contribution in [2.45, 2.75) is 52.0 Å². The van der Waals surface area contributed by atoms with Gasteiger partial charge in [0.05, 0.1) is 0 Å². The molecule has 0 radical (unpaired) electrons. The zero-order valence-electron chi connectivity index (χ0n) is 20.6. The molecular weight excluding hydrogens is 453 g/mol. The van der Waals surface area contributed by atoms with E-state index in [2.05, 4.69) is 31.4 Å². The van der Waals surface area contributed by atoms with Crippen molar-refractivity contribution >= 4 is 29.6 Å². The van der Waals surface area contributed by atoms with Crippen LogP contribution < -0.4 is 10.6 Å². The number of halogens is 1. The third-order valence-corrected chi connectivity index (χ3v) is 7.62. The second-order valence-corrected chi connectivity index (χ2v) is 10.8. The van der Waals surface area contributed by atoms with E-state index in [1.807, 2.05) is 0 Å². The van der Waals surface area contributed by atoms with Gasteiger partial charge in [-0.05, 0) is 61.3 Å². The van der Waals surface area contributed by atoms with Gasteiger partial charge in [-0.15, -0.1) is 0 Å². The first kappa shape index (κ1) is 24.9. The van der Waals surface area contributed by atoms with Crippen LogP contribution in [0.1, 0.15) is 46.5 Å². The van der Waals surface area contributed by atoms with Gasteiger partial charge in [-0.3, -0.25) is 14.5 Å². The largest absolute Gasteiger partial charge is 0.338 e. The third-order valence-electron chi connectivity index (χ3n) is 7.62. The average molecular weight is 488 g/mol. The molecule has 0 aromatic heterocycles. The molecule has 0 atom stereocenters. The minimum Gasteiger partial charge on any atom is -0.338 e. The lowest BCUT2D eigenvalue weighted by atomic mass is 9.67. The van der Waals surface area contributed by atoms with Gasteiger partial charge in [0, 0.05) is 31.9 Å². The molecule has 1 spiro atoms. The van der Waals surface area contributed by atoms with Crippen LogP contribution in [0.2, 0.25) is 0 Å². The lowest BCUT2D eigenvalue weighted by molar-refractivity contribution is -0.140. The number of hydrogen-bond donors (Lipinski definition) is 2. The molecule has 190 valence electrons. The Hall–Kier alpha value is -3.17. The minimum atomic E-state index is -0.893. The molecule has 4 rings (SSSR count). The number of hydrogen-bond acceptors (Lipinski definition) is 4. The Balaban J connectivity index is 1.28. The minimum absolute atomic E-state index is 0.154. The third kappa shape index (κ3) is 5.26. The van der Waals surface area contributed by atoms with E-state index in [1.165, 1.54) is 24.3 Å². The van der Waals surface area contributed by atoms with Crippen molar-refractivity contribution in [3.8, 4) is 0 Å². The SMILES string of the molecule is CC(C)(C)C1CCC2(CC1)NC(=O)N(CC(=O)N1CCN(C(=O)Nc3ccc(F)cc3)CC1)C2=O. The molecular formula is C25H34FN5O4. The molecule has 3 aliphatic rings.